The van der Waals surface area contributed by atoms with E-state index in [9.17, 15) is 14.7 Å². The number of aromatic nitrogens is 3. The van der Waals surface area contributed by atoms with E-state index in [4.69, 9.17) is 0 Å². The van der Waals surface area contributed by atoms with Crippen molar-refractivity contribution in [2.75, 3.05) is 0 Å². The first-order valence-electron chi connectivity index (χ1n) is 6.07. The summed E-state index contributed by atoms with van der Waals surface area (Å²) in [6.45, 7) is 0. The second-order valence-corrected chi connectivity index (χ2v) is 4.68. The first-order chi connectivity index (χ1) is 9.50. The number of hydrogen-bond donors (Lipinski definition) is 2. The highest BCUT2D eigenvalue weighted by molar-refractivity contribution is 5.93. The molecule has 0 bridgehead atoms. The van der Waals surface area contributed by atoms with Crippen molar-refractivity contribution < 1.29 is 5.11 Å². The average Bonchev–Trinajstić information content (AvgIpc) is 2.88. The van der Waals surface area contributed by atoms with Crippen molar-refractivity contribution in [3.8, 4) is 16.9 Å². The molecular weight excluding hydrogens is 258 g/mol. The molecule has 2 aromatic heterocycles. The smallest absolute Gasteiger partial charge is 0.332 e. The Morgan fingerprint density at radius 2 is 1.70 bits per heavy atom. The summed E-state index contributed by atoms with van der Waals surface area (Å²) in [6, 6.07) is 6.56. The van der Waals surface area contributed by atoms with E-state index >= 15 is 0 Å². The molecule has 0 aliphatic carbocycles. The molecule has 0 amide bonds. The minimum absolute atomic E-state index is 0.161. The molecule has 0 atom stereocenters. The van der Waals surface area contributed by atoms with Crippen LogP contribution in [-0.4, -0.2) is 19.2 Å². The number of aromatic amines is 1. The largest absolute Gasteiger partial charge is 0.508 e. The molecule has 0 saturated heterocycles. The Bertz CT molecular complexity index is 914. The molecule has 20 heavy (non-hydrogen) atoms. The van der Waals surface area contributed by atoms with Crippen LogP contribution in [0.2, 0.25) is 0 Å². The van der Waals surface area contributed by atoms with Crippen LogP contribution < -0.4 is 11.2 Å². The van der Waals surface area contributed by atoms with Crippen molar-refractivity contribution in [1.29, 1.82) is 0 Å². The van der Waals surface area contributed by atoms with E-state index in [0.29, 0.717) is 16.6 Å². The van der Waals surface area contributed by atoms with Crippen LogP contribution in [0.1, 0.15) is 0 Å². The van der Waals surface area contributed by atoms with Crippen molar-refractivity contribution >= 4 is 11.0 Å². The molecule has 3 rings (SSSR count). The van der Waals surface area contributed by atoms with Gasteiger partial charge in [-0.15, -0.1) is 0 Å². The SMILES string of the molecule is Cn1c(=O)c2c(-c3ccc(O)cc3)c[nH]c2n(C)c1=O. The van der Waals surface area contributed by atoms with Gasteiger partial charge in [0.25, 0.3) is 5.56 Å². The number of rotatable bonds is 1. The highest BCUT2D eigenvalue weighted by Gasteiger charge is 2.15. The van der Waals surface area contributed by atoms with Gasteiger partial charge in [0.15, 0.2) is 0 Å². The van der Waals surface area contributed by atoms with Gasteiger partial charge in [-0.05, 0) is 17.7 Å². The Kier molecular flexibility index (Phi) is 2.53. The lowest BCUT2D eigenvalue weighted by Gasteiger charge is -2.05. The van der Waals surface area contributed by atoms with Crippen LogP contribution in [-0.2, 0) is 14.1 Å². The molecule has 1 aromatic carbocycles. The Labute approximate surface area is 113 Å². The van der Waals surface area contributed by atoms with E-state index in [-0.39, 0.29) is 17.0 Å². The maximum absolute atomic E-state index is 12.3. The van der Waals surface area contributed by atoms with Crippen molar-refractivity contribution in [1.82, 2.24) is 14.1 Å². The zero-order chi connectivity index (χ0) is 14.4. The highest BCUT2D eigenvalue weighted by atomic mass is 16.3. The summed E-state index contributed by atoms with van der Waals surface area (Å²) in [5.41, 5.74) is 1.27. The third-order valence-corrected chi connectivity index (χ3v) is 3.47. The number of benzene rings is 1. The highest BCUT2D eigenvalue weighted by Crippen LogP contribution is 2.26. The number of hydrogen-bond acceptors (Lipinski definition) is 3. The summed E-state index contributed by atoms with van der Waals surface area (Å²) in [6.07, 6.45) is 1.69. The molecule has 6 nitrogen and oxygen atoms in total. The van der Waals surface area contributed by atoms with Crippen LogP contribution in [0.5, 0.6) is 5.75 Å². The minimum Gasteiger partial charge on any atom is -0.508 e. The molecule has 102 valence electrons. The van der Waals surface area contributed by atoms with Gasteiger partial charge < -0.3 is 10.1 Å². The summed E-state index contributed by atoms with van der Waals surface area (Å²) >= 11 is 0. The van der Waals surface area contributed by atoms with Gasteiger partial charge in [0, 0.05) is 25.9 Å². The quantitative estimate of drug-likeness (QED) is 0.691. The number of nitrogens with zero attached hydrogens (tertiary/aromatic N) is 2. The van der Waals surface area contributed by atoms with Gasteiger partial charge in [-0.2, -0.15) is 0 Å². The van der Waals surface area contributed by atoms with Crippen molar-refractivity contribution in [2.45, 2.75) is 0 Å². The molecule has 0 aliphatic heterocycles. The van der Waals surface area contributed by atoms with Gasteiger partial charge in [0.1, 0.15) is 11.4 Å². The van der Waals surface area contributed by atoms with E-state index < -0.39 is 0 Å². The minimum atomic E-state index is -0.374. The molecule has 0 aliphatic rings. The fraction of sp³-hybridized carbons (Fsp3) is 0.143. The molecule has 6 heteroatoms. The number of phenols is 1. The van der Waals surface area contributed by atoms with Gasteiger partial charge >= 0.3 is 5.69 Å². The van der Waals surface area contributed by atoms with Crippen LogP contribution in [0, 0.1) is 0 Å². The molecular formula is C14H13N3O3. The van der Waals surface area contributed by atoms with Gasteiger partial charge in [0.05, 0.1) is 5.39 Å². The fourth-order valence-corrected chi connectivity index (χ4v) is 2.34. The lowest BCUT2D eigenvalue weighted by molar-refractivity contribution is 0.475. The predicted octanol–water partition coefficient (Wildman–Crippen LogP) is 0.938. The first kappa shape index (κ1) is 12.3. The topological polar surface area (TPSA) is 80.0 Å². The van der Waals surface area contributed by atoms with E-state index in [1.54, 1.807) is 37.5 Å². The molecule has 0 unspecified atom stereocenters. The number of aryl methyl sites for hydroxylation is 1. The van der Waals surface area contributed by atoms with Gasteiger partial charge in [-0.1, -0.05) is 12.1 Å². The average molecular weight is 271 g/mol. The monoisotopic (exact) mass is 271 g/mol. The number of H-pyrrole nitrogens is 1. The van der Waals surface area contributed by atoms with Crippen LogP contribution in [0.3, 0.4) is 0 Å². The van der Waals surface area contributed by atoms with E-state index in [0.717, 1.165) is 10.1 Å². The lowest BCUT2D eigenvalue weighted by Crippen LogP contribution is -2.36. The van der Waals surface area contributed by atoms with Crippen molar-refractivity contribution in [3.63, 3.8) is 0 Å². The summed E-state index contributed by atoms with van der Waals surface area (Å²) in [5.74, 6) is 0.161. The maximum atomic E-state index is 12.3. The maximum Gasteiger partial charge on any atom is 0.332 e. The van der Waals surface area contributed by atoms with Crippen LogP contribution in [0.15, 0.2) is 40.1 Å². The Hall–Kier alpha value is -2.76. The first-order valence-corrected chi connectivity index (χ1v) is 6.07. The standard InChI is InChI=1S/C14H13N3O3/c1-16-12-11(13(19)17(2)14(16)20)10(7-15-12)8-3-5-9(18)6-4-8/h3-7,15,18H,1-2H3. The molecule has 0 radical (unpaired) electrons. The summed E-state index contributed by atoms with van der Waals surface area (Å²) in [5, 5.41) is 9.79. The third kappa shape index (κ3) is 1.58. The molecule has 0 spiro atoms. The lowest BCUT2D eigenvalue weighted by atomic mass is 10.1. The Balaban J connectivity index is 2.43. The number of aromatic hydroxyl groups is 1. The van der Waals surface area contributed by atoms with Crippen molar-refractivity contribution in [2.24, 2.45) is 14.1 Å². The second-order valence-electron chi connectivity index (χ2n) is 4.68. The van der Waals surface area contributed by atoms with Crippen LogP contribution >= 0.6 is 0 Å². The van der Waals surface area contributed by atoms with Gasteiger partial charge in [-0.3, -0.25) is 13.9 Å². The van der Waals surface area contributed by atoms with Gasteiger partial charge in [-0.25, -0.2) is 4.79 Å². The number of phenolic OH excluding ortho intramolecular Hbond substituents is 1. The van der Waals surface area contributed by atoms with Gasteiger partial charge in [0.2, 0.25) is 0 Å². The van der Waals surface area contributed by atoms with Crippen LogP contribution in [0.25, 0.3) is 22.2 Å². The van der Waals surface area contributed by atoms with E-state index in [1.807, 2.05) is 0 Å². The second kappa shape index (κ2) is 4.12. The zero-order valence-corrected chi connectivity index (χ0v) is 11.0. The molecule has 0 fully saturated rings. The Morgan fingerprint density at radius 3 is 2.35 bits per heavy atom. The summed E-state index contributed by atoms with van der Waals surface area (Å²) in [4.78, 5) is 27.1. The Morgan fingerprint density at radius 1 is 1.05 bits per heavy atom. The predicted molar refractivity (Wildman–Crippen MR) is 75.9 cm³/mol. The summed E-state index contributed by atoms with van der Waals surface area (Å²) < 4.78 is 2.49. The summed E-state index contributed by atoms with van der Waals surface area (Å²) in [7, 11) is 3.07. The molecule has 2 heterocycles. The molecule has 3 aromatic rings. The van der Waals surface area contributed by atoms with E-state index in [1.165, 1.54) is 11.6 Å². The van der Waals surface area contributed by atoms with Crippen molar-refractivity contribution in [3.05, 3.63) is 51.3 Å². The van der Waals surface area contributed by atoms with Crippen LogP contribution in [0.4, 0.5) is 0 Å². The fourth-order valence-electron chi connectivity index (χ4n) is 2.34. The third-order valence-electron chi connectivity index (χ3n) is 3.47. The number of nitrogens with one attached hydrogen (secondary N) is 1. The van der Waals surface area contributed by atoms with E-state index in [2.05, 4.69) is 4.98 Å². The molecule has 2 N–H and O–H groups in total. The molecule has 0 saturated carbocycles. The normalized spacial score (nSPS) is 11.1. The number of fused-ring (bicyclic) bond motifs is 1. The zero-order valence-electron chi connectivity index (χ0n) is 11.0.